The fourth-order valence-corrected chi connectivity index (χ4v) is 2.28. The van der Waals surface area contributed by atoms with E-state index in [1.54, 1.807) is 0 Å². The van der Waals surface area contributed by atoms with Gasteiger partial charge in [0, 0.05) is 6.42 Å². The van der Waals surface area contributed by atoms with Crippen molar-refractivity contribution in [2.45, 2.75) is 6.42 Å². The van der Waals surface area contributed by atoms with E-state index < -0.39 is 0 Å². The Labute approximate surface area is 127 Å². The summed E-state index contributed by atoms with van der Waals surface area (Å²) in [6.07, 6.45) is 0.486. The zero-order valence-electron chi connectivity index (χ0n) is 11.2. The summed E-state index contributed by atoms with van der Waals surface area (Å²) in [5.74, 6) is 0.433. The number of para-hydroxylation sites is 1. The summed E-state index contributed by atoms with van der Waals surface area (Å²) < 4.78 is 6.85. The average molecular weight is 298 g/mol. The first-order chi connectivity index (χ1) is 10.2. The molecule has 0 saturated heterocycles. The Balaban J connectivity index is 1.88. The first-order valence-electron chi connectivity index (χ1n) is 6.54. The van der Waals surface area contributed by atoms with Crippen LogP contribution in [-0.4, -0.2) is 9.78 Å². The highest BCUT2D eigenvalue weighted by Crippen LogP contribution is 2.23. The first-order valence-corrected chi connectivity index (χ1v) is 6.94. The lowest BCUT2D eigenvalue weighted by Crippen LogP contribution is -2.08. The number of anilines is 1. The summed E-state index contributed by atoms with van der Waals surface area (Å²) in [4.78, 5) is 0.183. The number of rotatable bonds is 4. The second-order valence-corrected chi connectivity index (χ2v) is 4.94. The van der Waals surface area contributed by atoms with E-state index in [0.717, 1.165) is 11.3 Å². The zero-order chi connectivity index (χ0) is 14.7. The van der Waals surface area contributed by atoms with Crippen LogP contribution < -0.4 is 5.43 Å². The second kappa shape index (κ2) is 5.85. The highest BCUT2D eigenvalue weighted by Gasteiger charge is 2.14. The number of hydrogen-bond donors (Lipinski definition) is 2. The summed E-state index contributed by atoms with van der Waals surface area (Å²) in [7, 11) is 0. The van der Waals surface area contributed by atoms with Crippen LogP contribution in [0.1, 0.15) is 11.3 Å². The van der Waals surface area contributed by atoms with E-state index in [1.165, 1.54) is 4.68 Å². The van der Waals surface area contributed by atoms with Crippen LogP contribution >= 0.6 is 12.2 Å². The second-order valence-electron chi connectivity index (χ2n) is 4.59. The number of hydrogen-bond acceptors (Lipinski definition) is 4. The molecule has 1 heterocycles. The molecule has 21 heavy (non-hydrogen) atoms. The molecule has 2 N–H and O–H groups in total. The molecule has 0 aliphatic rings. The molecule has 0 amide bonds. The van der Waals surface area contributed by atoms with Gasteiger partial charge in [0.25, 0.3) is 10.7 Å². The number of oxazole rings is 1. The van der Waals surface area contributed by atoms with Crippen LogP contribution in [0, 0.1) is 4.84 Å². The predicted octanol–water partition coefficient (Wildman–Crippen LogP) is 3.98. The molecule has 0 bridgehead atoms. The SMILES string of the molecule is Oc1c(Cc2ccccc2)oc(=S)n1Nc1ccccc1. The van der Waals surface area contributed by atoms with Gasteiger partial charge in [-0.2, -0.15) is 4.68 Å². The fourth-order valence-electron chi connectivity index (χ4n) is 2.04. The van der Waals surface area contributed by atoms with Crippen LogP contribution in [-0.2, 0) is 6.42 Å². The van der Waals surface area contributed by atoms with E-state index >= 15 is 0 Å². The normalized spacial score (nSPS) is 10.5. The molecule has 0 aliphatic heterocycles. The van der Waals surface area contributed by atoms with Gasteiger partial charge in [-0.1, -0.05) is 48.5 Å². The Morgan fingerprint density at radius 1 is 1.00 bits per heavy atom. The zero-order valence-corrected chi connectivity index (χ0v) is 12.0. The van der Waals surface area contributed by atoms with Crippen molar-refractivity contribution in [1.29, 1.82) is 0 Å². The van der Waals surface area contributed by atoms with Crippen molar-refractivity contribution in [3.8, 4) is 5.88 Å². The average Bonchev–Trinajstić information content (AvgIpc) is 2.77. The van der Waals surface area contributed by atoms with Crippen molar-refractivity contribution >= 4 is 17.9 Å². The number of nitrogens with zero attached hydrogens (tertiary/aromatic N) is 1. The van der Waals surface area contributed by atoms with Gasteiger partial charge in [-0.15, -0.1) is 0 Å². The van der Waals surface area contributed by atoms with Crippen LogP contribution in [0.3, 0.4) is 0 Å². The Bertz CT molecular complexity index is 779. The topological polar surface area (TPSA) is 50.3 Å². The van der Waals surface area contributed by atoms with Crippen molar-refractivity contribution in [2.24, 2.45) is 0 Å². The molecule has 0 saturated carbocycles. The third-order valence-corrected chi connectivity index (χ3v) is 3.34. The van der Waals surface area contributed by atoms with Crippen LogP contribution in [0.15, 0.2) is 65.1 Å². The quantitative estimate of drug-likeness (QED) is 0.715. The maximum absolute atomic E-state index is 10.3. The third-order valence-electron chi connectivity index (χ3n) is 3.08. The lowest BCUT2D eigenvalue weighted by atomic mass is 10.1. The van der Waals surface area contributed by atoms with Crippen molar-refractivity contribution in [3.63, 3.8) is 0 Å². The van der Waals surface area contributed by atoms with E-state index in [0.29, 0.717) is 12.2 Å². The van der Waals surface area contributed by atoms with Crippen molar-refractivity contribution < 1.29 is 9.52 Å². The predicted molar refractivity (Wildman–Crippen MR) is 83.9 cm³/mol. The molecule has 3 aromatic rings. The van der Waals surface area contributed by atoms with Crippen molar-refractivity contribution in [1.82, 2.24) is 4.68 Å². The molecule has 106 valence electrons. The molecule has 0 aliphatic carbocycles. The number of nitrogens with one attached hydrogen (secondary N) is 1. The smallest absolute Gasteiger partial charge is 0.291 e. The van der Waals surface area contributed by atoms with E-state index in [2.05, 4.69) is 5.43 Å². The van der Waals surface area contributed by atoms with Gasteiger partial charge in [0.05, 0.1) is 5.69 Å². The Kier molecular flexibility index (Phi) is 3.75. The van der Waals surface area contributed by atoms with Gasteiger partial charge in [0.1, 0.15) is 0 Å². The maximum atomic E-state index is 10.3. The van der Waals surface area contributed by atoms with Crippen molar-refractivity contribution in [3.05, 3.63) is 76.8 Å². The highest BCUT2D eigenvalue weighted by molar-refractivity contribution is 7.71. The first kappa shape index (κ1) is 13.5. The van der Waals surface area contributed by atoms with Gasteiger partial charge in [-0.25, -0.2) is 0 Å². The third kappa shape index (κ3) is 2.98. The molecule has 4 nitrogen and oxygen atoms in total. The molecule has 0 spiro atoms. The Morgan fingerprint density at radius 3 is 2.29 bits per heavy atom. The van der Waals surface area contributed by atoms with Crippen LogP contribution in [0.25, 0.3) is 0 Å². The monoisotopic (exact) mass is 298 g/mol. The minimum absolute atomic E-state index is 0.00675. The van der Waals surface area contributed by atoms with Gasteiger partial charge in [-0.3, -0.25) is 5.43 Å². The minimum Gasteiger partial charge on any atom is -0.491 e. The minimum atomic E-state index is -0.00675. The van der Waals surface area contributed by atoms with Crippen LogP contribution in [0.4, 0.5) is 5.69 Å². The molecular formula is C16H14N2O2S. The summed E-state index contributed by atoms with van der Waals surface area (Å²) in [5, 5.41) is 10.3. The molecule has 3 rings (SSSR count). The van der Waals surface area contributed by atoms with E-state index in [1.807, 2.05) is 60.7 Å². The number of aromatic nitrogens is 1. The van der Waals surface area contributed by atoms with Crippen molar-refractivity contribution in [2.75, 3.05) is 5.43 Å². The fraction of sp³-hybridized carbons (Fsp3) is 0.0625. The summed E-state index contributed by atoms with van der Waals surface area (Å²) in [6, 6.07) is 19.3. The van der Waals surface area contributed by atoms with Crippen LogP contribution in [0.2, 0.25) is 0 Å². The molecule has 0 fully saturated rings. The summed E-state index contributed by atoms with van der Waals surface area (Å²) in [5.41, 5.74) is 4.88. The highest BCUT2D eigenvalue weighted by atomic mass is 32.1. The largest absolute Gasteiger partial charge is 0.491 e. The lowest BCUT2D eigenvalue weighted by molar-refractivity contribution is 0.421. The van der Waals surface area contributed by atoms with Gasteiger partial charge >= 0.3 is 0 Å². The number of benzene rings is 2. The van der Waals surface area contributed by atoms with E-state index in [9.17, 15) is 5.11 Å². The summed E-state index contributed by atoms with van der Waals surface area (Å²) in [6.45, 7) is 0. The Hall–Kier alpha value is -2.53. The molecule has 1 aromatic heterocycles. The maximum Gasteiger partial charge on any atom is 0.291 e. The molecular weight excluding hydrogens is 284 g/mol. The molecule has 0 unspecified atom stereocenters. The summed E-state index contributed by atoms with van der Waals surface area (Å²) >= 11 is 5.15. The van der Waals surface area contributed by atoms with E-state index in [-0.39, 0.29) is 10.7 Å². The molecule has 5 heteroatoms. The standard InChI is InChI=1S/C16H14N2O2S/c19-15-14(11-12-7-3-1-4-8-12)20-16(21)18(15)17-13-9-5-2-6-10-13/h1-10,17,19H,11H2. The van der Waals surface area contributed by atoms with Gasteiger partial charge in [-0.05, 0) is 29.9 Å². The van der Waals surface area contributed by atoms with Gasteiger partial charge < -0.3 is 9.52 Å². The lowest BCUT2D eigenvalue weighted by Gasteiger charge is -2.06. The Morgan fingerprint density at radius 2 is 1.62 bits per heavy atom. The molecule has 0 radical (unpaired) electrons. The van der Waals surface area contributed by atoms with Gasteiger partial charge in [0.2, 0.25) is 0 Å². The number of aromatic hydroxyl groups is 1. The van der Waals surface area contributed by atoms with Crippen LogP contribution in [0.5, 0.6) is 5.88 Å². The molecule has 2 aromatic carbocycles. The molecule has 0 atom stereocenters. The van der Waals surface area contributed by atoms with E-state index in [4.69, 9.17) is 16.6 Å². The van der Waals surface area contributed by atoms with Gasteiger partial charge in [0.15, 0.2) is 5.76 Å².